The van der Waals surface area contributed by atoms with Crippen LogP contribution in [0.5, 0.6) is 5.75 Å². The molecule has 0 amide bonds. The molecule has 188 valence electrons. The van der Waals surface area contributed by atoms with E-state index in [-0.39, 0.29) is 0 Å². The minimum Gasteiger partial charge on any atom is -0.492 e. The summed E-state index contributed by atoms with van der Waals surface area (Å²) in [6.07, 6.45) is 13.8. The topological polar surface area (TPSA) is 9.23 Å². The third-order valence-corrected chi connectivity index (χ3v) is 9.04. The van der Waals surface area contributed by atoms with Crippen LogP contribution in [0.15, 0.2) is 36.4 Å². The maximum absolute atomic E-state index is 6.59. The first-order valence-electron chi connectivity index (χ1n) is 14.3. The maximum Gasteiger partial charge on any atom is 0.125 e. The van der Waals surface area contributed by atoms with Gasteiger partial charge < -0.3 is 4.74 Å². The molecule has 1 aliphatic rings. The first-order valence-corrected chi connectivity index (χ1v) is 14.3. The summed E-state index contributed by atoms with van der Waals surface area (Å²) in [5.74, 6) is 3.03. The molecule has 0 radical (unpaired) electrons. The molecule has 0 heterocycles. The van der Waals surface area contributed by atoms with Crippen LogP contribution in [0.3, 0.4) is 0 Å². The van der Waals surface area contributed by atoms with Crippen molar-refractivity contribution in [2.75, 3.05) is 6.61 Å². The van der Waals surface area contributed by atoms with Crippen molar-refractivity contribution in [1.82, 2.24) is 0 Å². The van der Waals surface area contributed by atoms with Gasteiger partial charge in [0.1, 0.15) is 5.75 Å². The highest BCUT2D eigenvalue weighted by Crippen LogP contribution is 2.36. The molecule has 0 N–H and O–H groups in total. The third kappa shape index (κ3) is 6.67. The molecule has 34 heavy (non-hydrogen) atoms. The van der Waals surface area contributed by atoms with E-state index < -0.39 is 0 Å². The van der Waals surface area contributed by atoms with Gasteiger partial charge in [0, 0.05) is 5.41 Å². The van der Waals surface area contributed by atoms with E-state index in [0.29, 0.717) is 5.41 Å². The molecular weight excluding hydrogens is 412 g/mol. The largest absolute Gasteiger partial charge is 0.492 e. The summed E-state index contributed by atoms with van der Waals surface area (Å²) < 4.78 is 6.59. The van der Waals surface area contributed by atoms with Crippen molar-refractivity contribution in [3.05, 3.63) is 53.1 Å². The van der Waals surface area contributed by atoms with Crippen molar-refractivity contribution in [2.45, 2.75) is 112 Å². The van der Waals surface area contributed by atoms with Gasteiger partial charge in [0.2, 0.25) is 0 Å². The Morgan fingerprint density at radius 2 is 1.32 bits per heavy atom. The normalized spacial score (nSPS) is 18.8. The first kappa shape index (κ1) is 26.8. The molecule has 0 bridgehead atoms. The Kier molecular flexibility index (Phi) is 10.1. The Bertz CT molecular complexity index is 833. The van der Waals surface area contributed by atoms with Gasteiger partial charge in [-0.2, -0.15) is 0 Å². The van der Waals surface area contributed by atoms with Gasteiger partial charge >= 0.3 is 0 Å². The number of hydrogen-bond acceptors (Lipinski definition) is 1. The standard InChI is InChI=1S/C33H50O/c1-7-28-22-31(23-29(8-2)32(28)34-24-33(9-3,10-4)11-5)30-20-18-27(19-21-30)17-16-26-14-12-25(6)13-15-26/h18-23,25-26H,7-17,24H2,1-6H3. The molecule has 2 aromatic carbocycles. The Morgan fingerprint density at radius 3 is 1.82 bits per heavy atom. The van der Waals surface area contributed by atoms with E-state index in [1.165, 1.54) is 85.6 Å². The third-order valence-electron chi connectivity index (χ3n) is 9.04. The summed E-state index contributed by atoms with van der Waals surface area (Å²) in [5, 5.41) is 0. The average Bonchev–Trinajstić information content (AvgIpc) is 2.89. The molecular formula is C33H50O. The molecule has 1 nitrogen and oxygen atoms in total. The van der Waals surface area contributed by atoms with Crippen molar-refractivity contribution in [3.8, 4) is 16.9 Å². The monoisotopic (exact) mass is 462 g/mol. The maximum atomic E-state index is 6.59. The van der Waals surface area contributed by atoms with E-state index in [1.807, 2.05) is 0 Å². The lowest BCUT2D eigenvalue weighted by Crippen LogP contribution is -2.27. The number of benzene rings is 2. The van der Waals surface area contributed by atoms with Gasteiger partial charge in [-0.25, -0.2) is 0 Å². The zero-order valence-electron chi connectivity index (χ0n) is 23.0. The number of aryl methyl sites for hydroxylation is 3. The van der Waals surface area contributed by atoms with Gasteiger partial charge in [-0.15, -0.1) is 0 Å². The highest BCUT2D eigenvalue weighted by atomic mass is 16.5. The Morgan fingerprint density at radius 1 is 0.765 bits per heavy atom. The quantitative estimate of drug-likeness (QED) is 0.305. The summed E-state index contributed by atoms with van der Waals surface area (Å²) in [6.45, 7) is 14.7. The zero-order chi connectivity index (χ0) is 24.6. The summed E-state index contributed by atoms with van der Waals surface area (Å²) in [6, 6.07) is 14.1. The minimum atomic E-state index is 0.292. The molecule has 0 unspecified atom stereocenters. The number of hydrogen-bond donors (Lipinski definition) is 0. The molecule has 1 aliphatic carbocycles. The number of ether oxygens (including phenoxy) is 1. The van der Waals surface area contributed by atoms with Crippen LogP contribution in [0.2, 0.25) is 0 Å². The molecule has 2 aromatic rings. The van der Waals surface area contributed by atoms with Crippen molar-refractivity contribution < 1.29 is 4.74 Å². The summed E-state index contributed by atoms with van der Waals surface area (Å²) in [7, 11) is 0. The van der Waals surface area contributed by atoms with E-state index in [0.717, 1.165) is 37.0 Å². The van der Waals surface area contributed by atoms with Crippen LogP contribution in [-0.4, -0.2) is 6.61 Å². The average molecular weight is 463 g/mol. The van der Waals surface area contributed by atoms with Crippen LogP contribution < -0.4 is 4.74 Å². The molecule has 0 aliphatic heterocycles. The van der Waals surface area contributed by atoms with Crippen LogP contribution in [0.1, 0.15) is 110 Å². The molecule has 1 fully saturated rings. The van der Waals surface area contributed by atoms with Gasteiger partial charge in [-0.05, 0) is 96.7 Å². The van der Waals surface area contributed by atoms with E-state index in [2.05, 4.69) is 77.9 Å². The van der Waals surface area contributed by atoms with E-state index in [4.69, 9.17) is 4.74 Å². The fourth-order valence-corrected chi connectivity index (χ4v) is 5.77. The van der Waals surface area contributed by atoms with Gasteiger partial charge in [-0.1, -0.05) is 91.5 Å². The fourth-order valence-electron chi connectivity index (χ4n) is 5.77. The summed E-state index contributed by atoms with van der Waals surface area (Å²) in [5.41, 5.74) is 7.14. The van der Waals surface area contributed by atoms with Gasteiger partial charge in [0.05, 0.1) is 6.61 Å². The Hall–Kier alpha value is -1.76. The second-order valence-electron chi connectivity index (χ2n) is 11.0. The van der Waals surface area contributed by atoms with Gasteiger partial charge in [0.25, 0.3) is 0 Å². The van der Waals surface area contributed by atoms with Crippen LogP contribution in [0.4, 0.5) is 0 Å². The SMILES string of the molecule is CCc1cc(-c2ccc(CCC3CCC(C)CC3)cc2)cc(CC)c1OCC(CC)(CC)CC. The van der Waals surface area contributed by atoms with E-state index >= 15 is 0 Å². The highest BCUT2D eigenvalue weighted by Gasteiger charge is 2.26. The van der Waals surface area contributed by atoms with Crippen LogP contribution in [-0.2, 0) is 19.3 Å². The van der Waals surface area contributed by atoms with Crippen molar-refractivity contribution in [1.29, 1.82) is 0 Å². The molecule has 3 rings (SSSR count). The predicted molar refractivity (Wildman–Crippen MR) is 149 cm³/mol. The van der Waals surface area contributed by atoms with E-state index in [1.54, 1.807) is 0 Å². The molecule has 0 atom stereocenters. The van der Waals surface area contributed by atoms with Crippen LogP contribution in [0, 0.1) is 17.3 Å². The second kappa shape index (κ2) is 12.8. The van der Waals surface area contributed by atoms with Gasteiger partial charge in [-0.3, -0.25) is 0 Å². The Labute approximate surface area is 210 Å². The fraction of sp³-hybridized carbons (Fsp3) is 0.636. The molecule has 0 saturated heterocycles. The van der Waals surface area contributed by atoms with Crippen molar-refractivity contribution >= 4 is 0 Å². The minimum absolute atomic E-state index is 0.292. The second-order valence-corrected chi connectivity index (χ2v) is 11.0. The summed E-state index contributed by atoms with van der Waals surface area (Å²) >= 11 is 0. The summed E-state index contributed by atoms with van der Waals surface area (Å²) in [4.78, 5) is 0. The number of rotatable bonds is 12. The van der Waals surface area contributed by atoms with Crippen molar-refractivity contribution in [3.63, 3.8) is 0 Å². The zero-order valence-corrected chi connectivity index (χ0v) is 23.0. The predicted octanol–water partition coefficient (Wildman–Crippen LogP) is 9.83. The van der Waals surface area contributed by atoms with Crippen LogP contribution >= 0.6 is 0 Å². The van der Waals surface area contributed by atoms with Crippen molar-refractivity contribution in [2.24, 2.45) is 17.3 Å². The van der Waals surface area contributed by atoms with E-state index in [9.17, 15) is 0 Å². The smallest absolute Gasteiger partial charge is 0.125 e. The molecule has 1 heteroatoms. The van der Waals surface area contributed by atoms with Crippen LogP contribution in [0.25, 0.3) is 11.1 Å². The lowest BCUT2D eigenvalue weighted by atomic mass is 9.80. The molecule has 0 spiro atoms. The lowest BCUT2D eigenvalue weighted by molar-refractivity contribution is 0.126. The molecule has 1 saturated carbocycles. The lowest BCUT2D eigenvalue weighted by Gasteiger charge is -2.31. The highest BCUT2D eigenvalue weighted by molar-refractivity contribution is 5.68. The molecule has 0 aromatic heterocycles. The Balaban J connectivity index is 1.72. The first-order chi connectivity index (χ1) is 16.5. The van der Waals surface area contributed by atoms with Gasteiger partial charge in [0.15, 0.2) is 0 Å².